The first-order valence-corrected chi connectivity index (χ1v) is 9.81. The van der Waals surface area contributed by atoms with Gasteiger partial charge in [0.1, 0.15) is 0 Å². The predicted molar refractivity (Wildman–Crippen MR) is 94.6 cm³/mol. The zero-order valence-corrected chi connectivity index (χ0v) is 15.1. The van der Waals surface area contributed by atoms with Crippen LogP contribution in [0.1, 0.15) is 5.56 Å². The lowest BCUT2D eigenvalue weighted by Crippen LogP contribution is -2.48. The molecule has 0 N–H and O–H groups in total. The van der Waals surface area contributed by atoms with Crippen LogP contribution in [0.2, 0.25) is 0 Å². The second-order valence-corrected chi connectivity index (χ2v) is 8.36. The highest BCUT2D eigenvalue weighted by molar-refractivity contribution is 9.10. The second kappa shape index (κ2) is 7.13. The normalized spacial score (nSPS) is 17.3. The highest BCUT2D eigenvalue weighted by atomic mass is 79.9. The van der Waals surface area contributed by atoms with Gasteiger partial charge in [0.15, 0.2) is 0 Å². The topological polar surface area (TPSA) is 40.6 Å². The fraction of sp³-hybridized carbons (Fsp3) is 0.294. The van der Waals surface area contributed by atoms with Gasteiger partial charge in [-0.25, -0.2) is 8.42 Å². The maximum absolute atomic E-state index is 12.8. The number of sulfonamides is 1. The van der Waals surface area contributed by atoms with Crippen molar-refractivity contribution >= 4 is 26.0 Å². The summed E-state index contributed by atoms with van der Waals surface area (Å²) in [5.74, 6) is 0. The molecule has 0 saturated carbocycles. The van der Waals surface area contributed by atoms with Crippen LogP contribution in [0.5, 0.6) is 0 Å². The molecule has 0 aromatic heterocycles. The SMILES string of the molecule is O=S(=O)(c1ccccc1Br)N1CCN(Cc2ccccc2)CC1. The highest BCUT2D eigenvalue weighted by Gasteiger charge is 2.29. The van der Waals surface area contributed by atoms with E-state index in [1.54, 1.807) is 22.5 Å². The van der Waals surface area contributed by atoms with E-state index < -0.39 is 10.0 Å². The molecule has 4 nitrogen and oxygen atoms in total. The zero-order chi connectivity index (χ0) is 16.3. The minimum atomic E-state index is -3.43. The fourth-order valence-corrected chi connectivity index (χ4v) is 5.15. The van der Waals surface area contributed by atoms with E-state index in [1.807, 2.05) is 24.3 Å². The molecule has 1 aliphatic rings. The quantitative estimate of drug-likeness (QED) is 0.800. The molecule has 0 amide bonds. The highest BCUT2D eigenvalue weighted by Crippen LogP contribution is 2.25. The molecule has 1 aliphatic heterocycles. The largest absolute Gasteiger partial charge is 0.296 e. The molecule has 2 aromatic rings. The molecule has 0 spiro atoms. The number of hydrogen-bond donors (Lipinski definition) is 0. The van der Waals surface area contributed by atoms with Crippen LogP contribution in [-0.2, 0) is 16.6 Å². The summed E-state index contributed by atoms with van der Waals surface area (Å²) < 4.78 is 27.7. The van der Waals surface area contributed by atoms with Crippen LogP contribution in [0, 0.1) is 0 Å². The van der Waals surface area contributed by atoms with Crippen molar-refractivity contribution in [2.45, 2.75) is 11.4 Å². The minimum Gasteiger partial charge on any atom is -0.296 e. The van der Waals surface area contributed by atoms with Crippen LogP contribution in [0.15, 0.2) is 64.0 Å². The molecule has 0 bridgehead atoms. The van der Waals surface area contributed by atoms with E-state index in [9.17, 15) is 8.42 Å². The maximum Gasteiger partial charge on any atom is 0.244 e. The summed E-state index contributed by atoms with van der Waals surface area (Å²) in [6, 6.07) is 17.3. The Hall–Kier alpha value is -1.21. The summed E-state index contributed by atoms with van der Waals surface area (Å²) in [4.78, 5) is 2.64. The number of nitrogens with zero attached hydrogens (tertiary/aromatic N) is 2. The number of halogens is 1. The van der Waals surface area contributed by atoms with E-state index >= 15 is 0 Å². The first kappa shape index (κ1) is 16.6. The van der Waals surface area contributed by atoms with Gasteiger partial charge in [-0.1, -0.05) is 42.5 Å². The van der Waals surface area contributed by atoms with Gasteiger partial charge in [0.25, 0.3) is 0 Å². The van der Waals surface area contributed by atoms with Crippen LogP contribution in [0.25, 0.3) is 0 Å². The van der Waals surface area contributed by atoms with Crippen molar-refractivity contribution < 1.29 is 8.42 Å². The van der Waals surface area contributed by atoms with E-state index in [0.29, 0.717) is 22.5 Å². The molecule has 23 heavy (non-hydrogen) atoms. The molecule has 1 heterocycles. The van der Waals surface area contributed by atoms with Gasteiger partial charge in [-0.15, -0.1) is 0 Å². The van der Waals surface area contributed by atoms with E-state index in [0.717, 1.165) is 19.6 Å². The van der Waals surface area contributed by atoms with Crippen LogP contribution in [0.4, 0.5) is 0 Å². The number of hydrogen-bond acceptors (Lipinski definition) is 3. The average Bonchev–Trinajstić information content (AvgIpc) is 2.56. The van der Waals surface area contributed by atoms with Gasteiger partial charge >= 0.3 is 0 Å². The molecule has 0 unspecified atom stereocenters. The first-order chi connectivity index (χ1) is 11.1. The first-order valence-electron chi connectivity index (χ1n) is 7.58. The predicted octanol–water partition coefficient (Wildman–Crippen LogP) is 2.96. The Bertz CT molecular complexity index is 757. The Kier molecular flexibility index (Phi) is 5.16. The molecule has 0 radical (unpaired) electrons. The van der Waals surface area contributed by atoms with Crippen LogP contribution >= 0.6 is 15.9 Å². The fourth-order valence-electron chi connectivity index (χ4n) is 2.76. The molecule has 6 heteroatoms. The third kappa shape index (κ3) is 3.83. The molecule has 0 atom stereocenters. The van der Waals surface area contributed by atoms with E-state index in [1.165, 1.54) is 5.56 Å². The third-order valence-corrected chi connectivity index (χ3v) is 6.95. The van der Waals surface area contributed by atoms with Gasteiger partial charge in [0.2, 0.25) is 10.0 Å². The van der Waals surface area contributed by atoms with Crippen molar-refractivity contribution in [2.75, 3.05) is 26.2 Å². The Balaban J connectivity index is 1.66. The molecule has 122 valence electrons. The van der Waals surface area contributed by atoms with Crippen molar-refractivity contribution in [3.05, 3.63) is 64.6 Å². The van der Waals surface area contributed by atoms with Crippen molar-refractivity contribution in [1.82, 2.24) is 9.21 Å². The lowest BCUT2D eigenvalue weighted by molar-refractivity contribution is 0.181. The van der Waals surface area contributed by atoms with Crippen LogP contribution in [-0.4, -0.2) is 43.8 Å². The Labute approximate surface area is 145 Å². The van der Waals surface area contributed by atoms with Crippen molar-refractivity contribution in [2.24, 2.45) is 0 Å². The molecule has 1 fully saturated rings. The van der Waals surface area contributed by atoms with E-state index in [4.69, 9.17) is 0 Å². The third-order valence-electron chi connectivity index (χ3n) is 4.03. The summed E-state index contributed by atoms with van der Waals surface area (Å²) >= 11 is 3.34. The molecule has 0 aliphatic carbocycles. The lowest BCUT2D eigenvalue weighted by Gasteiger charge is -2.34. The van der Waals surface area contributed by atoms with Gasteiger partial charge in [-0.3, -0.25) is 4.90 Å². The monoisotopic (exact) mass is 394 g/mol. The number of piperazine rings is 1. The van der Waals surface area contributed by atoms with Crippen molar-refractivity contribution in [3.63, 3.8) is 0 Å². The zero-order valence-electron chi connectivity index (χ0n) is 12.7. The molecular weight excluding hydrogens is 376 g/mol. The van der Waals surface area contributed by atoms with Gasteiger partial charge in [0.05, 0.1) is 4.90 Å². The van der Waals surface area contributed by atoms with Gasteiger partial charge in [-0.05, 0) is 33.6 Å². The van der Waals surface area contributed by atoms with Crippen molar-refractivity contribution in [3.8, 4) is 0 Å². The van der Waals surface area contributed by atoms with Gasteiger partial charge in [0, 0.05) is 37.2 Å². The number of benzene rings is 2. The van der Waals surface area contributed by atoms with E-state index in [-0.39, 0.29) is 0 Å². The molecule has 3 rings (SSSR count). The molecule has 1 saturated heterocycles. The Morgan fingerprint density at radius 3 is 2.13 bits per heavy atom. The van der Waals surface area contributed by atoms with E-state index in [2.05, 4.69) is 33.0 Å². The summed E-state index contributed by atoms with van der Waals surface area (Å²) in [7, 11) is -3.43. The molecular formula is C17H19BrN2O2S. The summed E-state index contributed by atoms with van der Waals surface area (Å²) in [6.07, 6.45) is 0. The minimum absolute atomic E-state index is 0.344. The van der Waals surface area contributed by atoms with Gasteiger partial charge in [-0.2, -0.15) is 4.31 Å². The summed E-state index contributed by atoms with van der Waals surface area (Å²) in [6.45, 7) is 3.41. The Morgan fingerprint density at radius 2 is 1.48 bits per heavy atom. The Morgan fingerprint density at radius 1 is 0.870 bits per heavy atom. The van der Waals surface area contributed by atoms with Crippen LogP contribution in [0.3, 0.4) is 0 Å². The second-order valence-electron chi connectivity index (χ2n) is 5.60. The maximum atomic E-state index is 12.8. The van der Waals surface area contributed by atoms with Gasteiger partial charge < -0.3 is 0 Å². The lowest BCUT2D eigenvalue weighted by atomic mass is 10.2. The smallest absolute Gasteiger partial charge is 0.244 e. The van der Waals surface area contributed by atoms with Crippen molar-refractivity contribution in [1.29, 1.82) is 0 Å². The van der Waals surface area contributed by atoms with Crippen LogP contribution < -0.4 is 0 Å². The standard InChI is InChI=1S/C17H19BrN2O2S/c18-16-8-4-5-9-17(16)23(21,22)20-12-10-19(11-13-20)14-15-6-2-1-3-7-15/h1-9H,10-14H2. The summed E-state index contributed by atoms with van der Waals surface area (Å²) in [5.41, 5.74) is 1.26. The average molecular weight is 395 g/mol. The number of rotatable bonds is 4. The molecule has 2 aromatic carbocycles. The summed E-state index contributed by atoms with van der Waals surface area (Å²) in [5, 5.41) is 0.